The normalized spacial score (nSPS) is 19.9. The maximum Gasteiger partial charge on any atom is 0.273 e. The highest BCUT2D eigenvalue weighted by molar-refractivity contribution is 7.89. The van der Waals surface area contributed by atoms with Crippen LogP contribution in [0.4, 0.5) is 0 Å². The van der Waals surface area contributed by atoms with E-state index in [1.165, 1.54) is 13.1 Å². The molecular formula is C12H20N2O4S. The lowest BCUT2D eigenvalue weighted by Crippen LogP contribution is -2.20. The second-order valence-electron chi connectivity index (χ2n) is 4.53. The third-order valence-corrected chi connectivity index (χ3v) is 4.42. The fraction of sp³-hybridized carbons (Fsp3) is 0.667. The Balaban J connectivity index is 1.74. The Morgan fingerprint density at radius 3 is 2.95 bits per heavy atom. The Morgan fingerprint density at radius 1 is 1.42 bits per heavy atom. The van der Waals surface area contributed by atoms with Crippen molar-refractivity contribution in [3.63, 3.8) is 0 Å². The molecule has 2 N–H and O–H groups in total. The SMILES string of the molecule is CNS(=O)(=O)c1ccc(CNCCC2CCCO2)o1. The molecule has 0 radical (unpaired) electrons. The van der Waals surface area contributed by atoms with Crippen LogP contribution in [-0.4, -0.2) is 34.7 Å². The van der Waals surface area contributed by atoms with Gasteiger partial charge in [-0.05, 0) is 45.0 Å². The van der Waals surface area contributed by atoms with Crippen molar-refractivity contribution >= 4 is 10.0 Å². The lowest BCUT2D eigenvalue weighted by atomic mass is 10.2. The molecule has 0 amide bonds. The molecular weight excluding hydrogens is 268 g/mol. The Kier molecular flexibility index (Phi) is 4.98. The minimum absolute atomic E-state index is 0.0501. The van der Waals surface area contributed by atoms with Gasteiger partial charge in [0.25, 0.3) is 10.0 Å². The summed E-state index contributed by atoms with van der Waals surface area (Å²) in [5.74, 6) is 0.612. The minimum Gasteiger partial charge on any atom is -0.447 e. The van der Waals surface area contributed by atoms with Crippen molar-refractivity contribution in [2.45, 2.75) is 37.0 Å². The molecule has 1 atom stereocenters. The zero-order valence-electron chi connectivity index (χ0n) is 11.0. The number of sulfonamides is 1. The molecule has 0 spiro atoms. The maximum atomic E-state index is 11.5. The van der Waals surface area contributed by atoms with Crippen LogP contribution in [0.5, 0.6) is 0 Å². The Hall–Kier alpha value is -0.890. The molecule has 1 saturated heterocycles. The average molecular weight is 288 g/mol. The van der Waals surface area contributed by atoms with Crippen molar-refractivity contribution in [3.8, 4) is 0 Å². The predicted octanol–water partition coefficient (Wildman–Crippen LogP) is 0.846. The molecule has 2 rings (SSSR count). The molecule has 0 aliphatic carbocycles. The summed E-state index contributed by atoms with van der Waals surface area (Å²) < 4.78 is 36.0. The third kappa shape index (κ3) is 4.04. The first-order valence-corrected chi connectivity index (χ1v) is 7.95. The fourth-order valence-electron chi connectivity index (χ4n) is 2.04. The molecule has 2 heterocycles. The molecule has 1 fully saturated rings. The van der Waals surface area contributed by atoms with E-state index in [-0.39, 0.29) is 5.09 Å². The zero-order chi connectivity index (χ0) is 13.7. The van der Waals surface area contributed by atoms with Gasteiger partial charge >= 0.3 is 0 Å². The van der Waals surface area contributed by atoms with Crippen LogP contribution in [0.2, 0.25) is 0 Å². The van der Waals surface area contributed by atoms with Gasteiger partial charge in [-0.2, -0.15) is 0 Å². The molecule has 1 aromatic rings. The molecule has 19 heavy (non-hydrogen) atoms. The van der Waals surface area contributed by atoms with Gasteiger partial charge in [-0.25, -0.2) is 13.1 Å². The van der Waals surface area contributed by atoms with Crippen LogP contribution in [0.15, 0.2) is 21.6 Å². The number of hydrogen-bond acceptors (Lipinski definition) is 5. The molecule has 108 valence electrons. The first-order valence-electron chi connectivity index (χ1n) is 6.46. The molecule has 1 aliphatic heterocycles. The van der Waals surface area contributed by atoms with Crippen LogP contribution >= 0.6 is 0 Å². The maximum absolute atomic E-state index is 11.5. The van der Waals surface area contributed by atoms with Crippen LogP contribution < -0.4 is 10.0 Å². The van der Waals surface area contributed by atoms with Gasteiger partial charge in [0.15, 0.2) is 0 Å². The smallest absolute Gasteiger partial charge is 0.273 e. The van der Waals surface area contributed by atoms with Crippen LogP contribution in [0.1, 0.15) is 25.0 Å². The summed E-state index contributed by atoms with van der Waals surface area (Å²) in [6.45, 7) is 2.22. The summed E-state index contributed by atoms with van der Waals surface area (Å²) in [4.78, 5) is 0. The molecule has 0 aromatic carbocycles. The van der Waals surface area contributed by atoms with Gasteiger partial charge in [0.1, 0.15) is 5.76 Å². The molecule has 1 aromatic heterocycles. The number of furan rings is 1. The van der Waals surface area contributed by atoms with Crippen LogP contribution in [0.3, 0.4) is 0 Å². The Bertz CT molecular complexity index is 492. The van der Waals surface area contributed by atoms with Crippen molar-refractivity contribution in [1.82, 2.24) is 10.0 Å². The summed E-state index contributed by atoms with van der Waals surface area (Å²) in [5, 5.41) is 3.17. The average Bonchev–Trinajstić information content (AvgIpc) is 3.06. The number of rotatable bonds is 7. The monoisotopic (exact) mass is 288 g/mol. The van der Waals surface area contributed by atoms with Gasteiger partial charge in [-0.3, -0.25) is 0 Å². The number of nitrogens with one attached hydrogen (secondary N) is 2. The largest absolute Gasteiger partial charge is 0.447 e. The molecule has 0 bridgehead atoms. The predicted molar refractivity (Wildman–Crippen MR) is 70.3 cm³/mol. The highest BCUT2D eigenvalue weighted by Crippen LogP contribution is 2.15. The quantitative estimate of drug-likeness (QED) is 0.727. The highest BCUT2D eigenvalue weighted by atomic mass is 32.2. The van der Waals surface area contributed by atoms with Gasteiger partial charge in [0.2, 0.25) is 5.09 Å². The van der Waals surface area contributed by atoms with Crippen LogP contribution in [0.25, 0.3) is 0 Å². The van der Waals surface area contributed by atoms with Gasteiger partial charge in [0, 0.05) is 6.61 Å². The van der Waals surface area contributed by atoms with Crippen molar-refractivity contribution in [2.75, 3.05) is 20.2 Å². The van der Waals surface area contributed by atoms with E-state index in [0.29, 0.717) is 18.4 Å². The summed E-state index contributed by atoms with van der Waals surface area (Å²) in [5.41, 5.74) is 0. The van der Waals surface area contributed by atoms with Crippen molar-refractivity contribution in [2.24, 2.45) is 0 Å². The van der Waals surface area contributed by atoms with Crippen LogP contribution in [-0.2, 0) is 21.3 Å². The van der Waals surface area contributed by atoms with Crippen LogP contribution in [0, 0.1) is 0 Å². The van der Waals surface area contributed by atoms with Gasteiger partial charge in [-0.15, -0.1) is 0 Å². The fourth-order valence-corrected chi connectivity index (χ4v) is 2.71. The van der Waals surface area contributed by atoms with E-state index in [0.717, 1.165) is 32.4 Å². The summed E-state index contributed by atoms with van der Waals surface area (Å²) in [6, 6.07) is 3.13. The molecule has 6 nitrogen and oxygen atoms in total. The standard InChI is InChI=1S/C12H20N2O4S/c1-13-19(15,16)12-5-4-11(18-12)9-14-7-6-10-3-2-8-17-10/h4-5,10,13-14H,2-3,6-9H2,1H3. The lowest BCUT2D eigenvalue weighted by Gasteiger charge is -2.09. The van der Waals surface area contributed by atoms with Crippen molar-refractivity contribution in [3.05, 3.63) is 17.9 Å². The van der Waals surface area contributed by atoms with E-state index in [4.69, 9.17) is 9.15 Å². The summed E-state index contributed by atoms with van der Waals surface area (Å²) in [6.07, 6.45) is 3.62. The summed E-state index contributed by atoms with van der Waals surface area (Å²) in [7, 11) is -2.13. The molecule has 0 saturated carbocycles. The highest BCUT2D eigenvalue weighted by Gasteiger charge is 2.17. The number of hydrogen-bond donors (Lipinski definition) is 2. The first kappa shape index (κ1) is 14.5. The van der Waals surface area contributed by atoms with Crippen molar-refractivity contribution < 1.29 is 17.6 Å². The van der Waals surface area contributed by atoms with Gasteiger partial charge in [-0.1, -0.05) is 0 Å². The molecule has 7 heteroatoms. The van der Waals surface area contributed by atoms with Crippen molar-refractivity contribution in [1.29, 1.82) is 0 Å². The third-order valence-electron chi connectivity index (χ3n) is 3.14. The topological polar surface area (TPSA) is 80.6 Å². The minimum atomic E-state index is -3.49. The molecule has 1 unspecified atom stereocenters. The number of ether oxygens (including phenoxy) is 1. The van der Waals surface area contributed by atoms with E-state index in [2.05, 4.69) is 10.0 Å². The molecule has 1 aliphatic rings. The summed E-state index contributed by atoms with van der Waals surface area (Å²) >= 11 is 0. The van der Waals surface area contributed by atoms with E-state index in [9.17, 15) is 8.42 Å². The van der Waals surface area contributed by atoms with E-state index >= 15 is 0 Å². The van der Waals surface area contributed by atoms with E-state index in [1.54, 1.807) is 6.07 Å². The van der Waals surface area contributed by atoms with E-state index in [1.807, 2.05) is 0 Å². The Labute approximate surface area is 113 Å². The Morgan fingerprint density at radius 2 is 2.26 bits per heavy atom. The second-order valence-corrected chi connectivity index (χ2v) is 6.35. The zero-order valence-corrected chi connectivity index (χ0v) is 11.8. The van der Waals surface area contributed by atoms with Gasteiger partial charge < -0.3 is 14.5 Å². The first-order chi connectivity index (χ1) is 9.12. The second kappa shape index (κ2) is 6.51. The van der Waals surface area contributed by atoms with E-state index < -0.39 is 10.0 Å². The lowest BCUT2D eigenvalue weighted by molar-refractivity contribution is 0.104. The van der Waals surface area contributed by atoms with Gasteiger partial charge in [0.05, 0.1) is 12.6 Å².